The van der Waals surface area contributed by atoms with Crippen molar-refractivity contribution in [3.05, 3.63) is 47.1 Å². The fraction of sp³-hybridized carbons (Fsp3) is 0.308. The summed E-state index contributed by atoms with van der Waals surface area (Å²) in [6.07, 6.45) is 3.99. The molecule has 0 radical (unpaired) electrons. The molecule has 2 heterocycles. The number of alkyl halides is 1. The van der Waals surface area contributed by atoms with Gasteiger partial charge in [-0.15, -0.1) is 22.9 Å². The Kier molecular flexibility index (Phi) is 5.15. The molecule has 0 N–H and O–H groups in total. The largest absolute Gasteiger partial charge is 0.265 e. The minimum Gasteiger partial charge on any atom is -0.265 e. The van der Waals surface area contributed by atoms with Crippen LogP contribution in [0.15, 0.2) is 40.9 Å². The predicted octanol–water partition coefficient (Wildman–Crippen LogP) is 2.75. The molecule has 2 rings (SSSR count). The summed E-state index contributed by atoms with van der Waals surface area (Å²) in [7, 11) is -1.87. The fourth-order valence-electron chi connectivity index (χ4n) is 1.71. The van der Waals surface area contributed by atoms with Crippen molar-refractivity contribution in [1.29, 1.82) is 0 Å². The van der Waals surface area contributed by atoms with Crippen molar-refractivity contribution in [2.45, 2.75) is 17.2 Å². The van der Waals surface area contributed by atoms with E-state index in [1.807, 2.05) is 6.07 Å². The van der Waals surface area contributed by atoms with E-state index in [1.54, 1.807) is 37.6 Å². The van der Waals surface area contributed by atoms with Crippen molar-refractivity contribution < 1.29 is 8.42 Å². The van der Waals surface area contributed by atoms with Crippen molar-refractivity contribution in [2.24, 2.45) is 0 Å². The van der Waals surface area contributed by atoms with Gasteiger partial charge in [0.25, 0.3) is 10.0 Å². The lowest BCUT2D eigenvalue weighted by Gasteiger charge is -2.15. The molecule has 108 valence electrons. The Morgan fingerprint density at radius 2 is 1.95 bits per heavy atom. The van der Waals surface area contributed by atoms with Gasteiger partial charge < -0.3 is 0 Å². The molecule has 0 saturated carbocycles. The number of sulfonamides is 1. The van der Waals surface area contributed by atoms with E-state index >= 15 is 0 Å². The Labute approximate surface area is 128 Å². The number of halogens is 1. The van der Waals surface area contributed by atoms with E-state index in [0.29, 0.717) is 23.1 Å². The van der Waals surface area contributed by atoms with Crippen LogP contribution in [-0.4, -0.2) is 30.6 Å². The molecule has 4 nitrogen and oxygen atoms in total. The van der Waals surface area contributed by atoms with Crippen LogP contribution in [0.3, 0.4) is 0 Å². The highest BCUT2D eigenvalue weighted by molar-refractivity contribution is 7.91. The number of hydrogen-bond donors (Lipinski definition) is 0. The Balaban J connectivity index is 2.16. The Morgan fingerprint density at radius 1 is 1.25 bits per heavy atom. The summed E-state index contributed by atoms with van der Waals surface area (Å²) >= 11 is 6.95. The van der Waals surface area contributed by atoms with Crippen LogP contribution in [0.5, 0.6) is 0 Å². The average molecular weight is 331 g/mol. The number of aromatic nitrogens is 1. The van der Waals surface area contributed by atoms with Gasteiger partial charge in [0.2, 0.25) is 0 Å². The molecule has 0 aliphatic rings. The topological polar surface area (TPSA) is 50.3 Å². The molecule has 0 atom stereocenters. The average Bonchev–Trinajstić information content (AvgIpc) is 2.89. The summed E-state index contributed by atoms with van der Waals surface area (Å²) in [5, 5.41) is 0. The number of nitrogens with zero attached hydrogens (tertiary/aromatic N) is 2. The van der Waals surface area contributed by atoms with Crippen LogP contribution < -0.4 is 0 Å². The molecule has 0 aliphatic carbocycles. The van der Waals surface area contributed by atoms with Gasteiger partial charge in [-0.1, -0.05) is 0 Å². The van der Waals surface area contributed by atoms with Crippen molar-refractivity contribution in [3.8, 4) is 0 Å². The highest BCUT2D eigenvalue weighted by Crippen LogP contribution is 2.25. The first-order chi connectivity index (χ1) is 9.54. The summed E-state index contributed by atoms with van der Waals surface area (Å²) in [4.78, 5) is 4.90. The highest BCUT2D eigenvalue weighted by Gasteiger charge is 2.22. The van der Waals surface area contributed by atoms with Crippen molar-refractivity contribution in [2.75, 3.05) is 12.9 Å². The van der Waals surface area contributed by atoms with Gasteiger partial charge in [-0.25, -0.2) is 8.42 Å². The van der Waals surface area contributed by atoms with Crippen LogP contribution in [0.1, 0.15) is 10.4 Å². The third kappa shape index (κ3) is 3.58. The van der Waals surface area contributed by atoms with Gasteiger partial charge in [0, 0.05) is 36.7 Å². The molecule has 20 heavy (non-hydrogen) atoms. The van der Waals surface area contributed by atoms with Gasteiger partial charge in [0.15, 0.2) is 0 Å². The Hall–Kier alpha value is -0.950. The zero-order valence-corrected chi connectivity index (χ0v) is 13.4. The van der Waals surface area contributed by atoms with Gasteiger partial charge in [-0.2, -0.15) is 4.31 Å². The maximum absolute atomic E-state index is 12.4. The lowest BCUT2D eigenvalue weighted by atomic mass is 10.3. The third-order valence-electron chi connectivity index (χ3n) is 2.80. The normalized spacial score (nSPS) is 11.9. The van der Waals surface area contributed by atoms with Crippen LogP contribution in [0, 0.1) is 0 Å². The van der Waals surface area contributed by atoms with E-state index in [1.165, 1.54) is 15.6 Å². The summed E-state index contributed by atoms with van der Waals surface area (Å²) in [6.45, 7) is 0.327. The van der Waals surface area contributed by atoms with Crippen molar-refractivity contribution >= 4 is 33.0 Å². The maximum Gasteiger partial charge on any atom is 0.252 e. The van der Waals surface area contributed by atoms with Crippen molar-refractivity contribution in [1.82, 2.24) is 9.29 Å². The molecule has 0 aliphatic heterocycles. The minimum absolute atomic E-state index is 0.327. The SMILES string of the molecule is CN(Cc1ccncc1)S(=O)(=O)c1ccc(CCCl)s1. The second kappa shape index (κ2) is 6.67. The van der Waals surface area contributed by atoms with Gasteiger partial charge in [-0.05, 0) is 36.2 Å². The molecule has 0 bridgehead atoms. The lowest BCUT2D eigenvalue weighted by Crippen LogP contribution is -2.25. The standard InChI is InChI=1S/C13H15ClN2O2S2/c1-16(10-11-5-8-15-9-6-11)20(17,18)13-3-2-12(19-13)4-7-14/h2-3,5-6,8-9H,4,7,10H2,1H3. The van der Waals surface area contributed by atoms with Crippen LogP contribution in [0.4, 0.5) is 0 Å². The first kappa shape index (κ1) is 15.4. The van der Waals surface area contributed by atoms with Crippen LogP contribution in [0.2, 0.25) is 0 Å². The Bertz CT molecular complexity index is 656. The molecule has 2 aromatic rings. The molecular weight excluding hydrogens is 316 g/mol. The maximum atomic E-state index is 12.4. The minimum atomic E-state index is -3.45. The molecule has 0 fully saturated rings. The van der Waals surface area contributed by atoms with E-state index in [4.69, 9.17) is 11.6 Å². The van der Waals surface area contributed by atoms with Crippen LogP contribution in [0.25, 0.3) is 0 Å². The molecule has 7 heteroatoms. The predicted molar refractivity (Wildman–Crippen MR) is 81.6 cm³/mol. The molecule has 0 amide bonds. The van der Waals surface area contributed by atoms with Gasteiger partial charge in [0.1, 0.15) is 4.21 Å². The molecule has 0 aromatic carbocycles. The van der Waals surface area contributed by atoms with Gasteiger partial charge in [-0.3, -0.25) is 4.98 Å². The molecule has 0 spiro atoms. The zero-order chi connectivity index (χ0) is 14.6. The number of rotatable bonds is 6. The molecule has 0 unspecified atom stereocenters. The fourth-order valence-corrected chi connectivity index (χ4v) is 4.75. The summed E-state index contributed by atoms with van der Waals surface area (Å²) < 4.78 is 26.6. The van der Waals surface area contributed by atoms with E-state index in [9.17, 15) is 8.42 Å². The molecule has 2 aromatic heterocycles. The van der Waals surface area contributed by atoms with E-state index in [-0.39, 0.29) is 0 Å². The van der Waals surface area contributed by atoms with E-state index < -0.39 is 10.0 Å². The lowest BCUT2D eigenvalue weighted by molar-refractivity contribution is 0.468. The second-order valence-electron chi connectivity index (χ2n) is 4.28. The van der Waals surface area contributed by atoms with Gasteiger partial charge in [0.05, 0.1) is 0 Å². The highest BCUT2D eigenvalue weighted by atomic mass is 35.5. The summed E-state index contributed by atoms with van der Waals surface area (Å²) in [6, 6.07) is 7.07. The first-order valence-corrected chi connectivity index (χ1v) is 8.83. The smallest absolute Gasteiger partial charge is 0.252 e. The quantitative estimate of drug-likeness (QED) is 0.765. The second-order valence-corrected chi connectivity index (χ2v) is 8.09. The zero-order valence-electron chi connectivity index (χ0n) is 11.0. The third-order valence-corrected chi connectivity index (χ3v) is 6.40. The number of thiophene rings is 1. The number of hydrogen-bond acceptors (Lipinski definition) is 4. The molecule has 0 saturated heterocycles. The molecular formula is C13H15ClN2O2S2. The number of aryl methyl sites for hydroxylation is 1. The van der Waals surface area contributed by atoms with Gasteiger partial charge >= 0.3 is 0 Å². The monoisotopic (exact) mass is 330 g/mol. The van der Waals surface area contributed by atoms with Crippen LogP contribution >= 0.6 is 22.9 Å². The Morgan fingerprint density at radius 3 is 2.60 bits per heavy atom. The summed E-state index contributed by atoms with van der Waals surface area (Å²) in [5.74, 6) is 0.493. The first-order valence-electron chi connectivity index (χ1n) is 6.04. The van der Waals surface area contributed by atoms with Crippen LogP contribution in [-0.2, 0) is 23.0 Å². The van der Waals surface area contributed by atoms with E-state index in [0.717, 1.165) is 10.4 Å². The van der Waals surface area contributed by atoms with E-state index in [2.05, 4.69) is 4.98 Å². The number of pyridine rings is 1. The summed E-state index contributed by atoms with van der Waals surface area (Å²) in [5.41, 5.74) is 0.906. The van der Waals surface area contributed by atoms with Crippen molar-refractivity contribution in [3.63, 3.8) is 0 Å².